The lowest BCUT2D eigenvalue weighted by molar-refractivity contribution is -0.128. The third-order valence-electron chi connectivity index (χ3n) is 2.82. The lowest BCUT2D eigenvalue weighted by atomic mass is 10.3. The number of hydrogen-bond acceptors (Lipinski definition) is 4. The minimum atomic E-state index is -3.62. The third kappa shape index (κ3) is 5.82. The molecule has 0 bridgehead atoms. The molecule has 0 aliphatic heterocycles. The van der Waals surface area contributed by atoms with Crippen molar-refractivity contribution in [1.82, 2.24) is 15.4 Å². The monoisotopic (exact) mass is 327 g/mol. The fourth-order valence-corrected chi connectivity index (χ4v) is 2.74. The standard InChI is InChI=1S/C14H21N3O4S/c1-3-15-14(19)11(2)17-13(18)9-10-16-22(20,21)12-7-5-4-6-8-12/h4-8,11,16H,3,9-10H2,1-2H3,(H,15,19)(H,17,18). The first-order chi connectivity index (χ1) is 10.4. The maximum Gasteiger partial charge on any atom is 0.242 e. The number of carbonyl (C=O) groups excluding carboxylic acids is 2. The smallest absolute Gasteiger partial charge is 0.242 e. The normalized spacial score (nSPS) is 12.5. The fraction of sp³-hybridized carbons (Fsp3) is 0.429. The Morgan fingerprint density at radius 1 is 1.18 bits per heavy atom. The summed E-state index contributed by atoms with van der Waals surface area (Å²) >= 11 is 0. The first-order valence-electron chi connectivity index (χ1n) is 6.98. The van der Waals surface area contributed by atoms with Gasteiger partial charge in [-0.15, -0.1) is 0 Å². The summed E-state index contributed by atoms with van der Waals surface area (Å²) in [7, 11) is -3.62. The van der Waals surface area contributed by atoms with Gasteiger partial charge in [0.1, 0.15) is 6.04 Å². The van der Waals surface area contributed by atoms with Gasteiger partial charge in [0.2, 0.25) is 21.8 Å². The molecule has 22 heavy (non-hydrogen) atoms. The van der Waals surface area contributed by atoms with E-state index in [9.17, 15) is 18.0 Å². The van der Waals surface area contributed by atoms with Crippen LogP contribution in [-0.4, -0.2) is 39.4 Å². The van der Waals surface area contributed by atoms with Crippen molar-refractivity contribution in [2.24, 2.45) is 0 Å². The van der Waals surface area contributed by atoms with Gasteiger partial charge in [-0.3, -0.25) is 9.59 Å². The molecule has 8 heteroatoms. The first-order valence-corrected chi connectivity index (χ1v) is 8.47. The van der Waals surface area contributed by atoms with E-state index in [0.29, 0.717) is 6.54 Å². The van der Waals surface area contributed by atoms with E-state index in [1.54, 1.807) is 32.0 Å². The van der Waals surface area contributed by atoms with Crippen LogP contribution in [-0.2, 0) is 19.6 Å². The maximum absolute atomic E-state index is 11.9. The van der Waals surface area contributed by atoms with Gasteiger partial charge in [-0.1, -0.05) is 18.2 Å². The van der Waals surface area contributed by atoms with Crippen LogP contribution >= 0.6 is 0 Å². The number of hydrogen-bond donors (Lipinski definition) is 3. The number of benzene rings is 1. The van der Waals surface area contributed by atoms with Crippen molar-refractivity contribution in [2.75, 3.05) is 13.1 Å². The summed E-state index contributed by atoms with van der Waals surface area (Å²) in [4.78, 5) is 23.3. The van der Waals surface area contributed by atoms with Crippen LogP contribution in [0, 0.1) is 0 Å². The average Bonchev–Trinajstić information content (AvgIpc) is 2.48. The molecule has 0 aliphatic rings. The predicted molar refractivity (Wildman–Crippen MR) is 82.5 cm³/mol. The van der Waals surface area contributed by atoms with Crippen LogP contribution in [0.2, 0.25) is 0 Å². The zero-order valence-electron chi connectivity index (χ0n) is 12.6. The van der Waals surface area contributed by atoms with Crippen LogP contribution in [0.3, 0.4) is 0 Å². The topological polar surface area (TPSA) is 104 Å². The molecule has 0 saturated heterocycles. The largest absolute Gasteiger partial charge is 0.355 e. The second-order valence-corrected chi connectivity index (χ2v) is 6.41. The Balaban J connectivity index is 2.41. The molecule has 1 unspecified atom stereocenters. The molecule has 0 aliphatic carbocycles. The van der Waals surface area contributed by atoms with Gasteiger partial charge in [-0.25, -0.2) is 13.1 Å². The lowest BCUT2D eigenvalue weighted by Crippen LogP contribution is -2.45. The molecule has 3 N–H and O–H groups in total. The Morgan fingerprint density at radius 2 is 1.82 bits per heavy atom. The molecule has 7 nitrogen and oxygen atoms in total. The highest BCUT2D eigenvalue weighted by Crippen LogP contribution is 2.06. The number of amides is 2. The van der Waals surface area contributed by atoms with Crippen molar-refractivity contribution in [3.05, 3.63) is 30.3 Å². The number of likely N-dealkylation sites (N-methyl/N-ethyl adjacent to an activating group) is 1. The van der Waals surface area contributed by atoms with Crippen LogP contribution in [0.1, 0.15) is 20.3 Å². The van der Waals surface area contributed by atoms with Crippen molar-refractivity contribution in [3.8, 4) is 0 Å². The summed E-state index contributed by atoms with van der Waals surface area (Å²) < 4.78 is 26.2. The number of nitrogens with one attached hydrogen (secondary N) is 3. The predicted octanol–water partition coefficient (Wildman–Crippen LogP) is -0.00420. The van der Waals surface area contributed by atoms with E-state index in [0.717, 1.165) is 0 Å². The minimum absolute atomic E-state index is 0.0365. The molecular formula is C14H21N3O4S. The highest BCUT2D eigenvalue weighted by Gasteiger charge is 2.16. The Bertz CT molecular complexity index is 602. The second kappa shape index (κ2) is 8.50. The van der Waals surface area contributed by atoms with E-state index in [-0.39, 0.29) is 23.8 Å². The van der Waals surface area contributed by atoms with Gasteiger partial charge >= 0.3 is 0 Å². The van der Waals surface area contributed by atoms with Crippen LogP contribution < -0.4 is 15.4 Å². The molecule has 1 aromatic carbocycles. The molecule has 1 atom stereocenters. The van der Waals surface area contributed by atoms with Gasteiger partial charge < -0.3 is 10.6 Å². The summed E-state index contributed by atoms with van der Waals surface area (Å²) in [6, 6.07) is 7.25. The molecular weight excluding hydrogens is 306 g/mol. The van der Waals surface area contributed by atoms with E-state index in [4.69, 9.17) is 0 Å². The fourth-order valence-electron chi connectivity index (χ4n) is 1.69. The van der Waals surface area contributed by atoms with Gasteiger partial charge in [-0.05, 0) is 26.0 Å². The zero-order chi connectivity index (χ0) is 16.6. The van der Waals surface area contributed by atoms with Crippen molar-refractivity contribution < 1.29 is 18.0 Å². The van der Waals surface area contributed by atoms with Gasteiger partial charge in [0.05, 0.1) is 4.90 Å². The Morgan fingerprint density at radius 3 is 2.41 bits per heavy atom. The van der Waals surface area contributed by atoms with Crippen molar-refractivity contribution in [1.29, 1.82) is 0 Å². The molecule has 0 aromatic heterocycles. The van der Waals surface area contributed by atoms with Crippen molar-refractivity contribution >= 4 is 21.8 Å². The van der Waals surface area contributed by atoms with Gasteiger partial charge in [0, 0.05) is 19.5 Å². The SMILES string of the molecule is CCNC(=O)C(C)NC(=O)CCNS(=O)(=O)c1ccccc1. The maximum atomic E-state index is 11.9. The molecule has 0 fully saturated rings. The lowest BCUT2D eigenvalue weighted by Gasteiger charge is -2.13. The van der Waals surface area contributed by atoms with Crippen LogP contribution in [0.15, 0.2) is 35.2 Å². The second-order valence-electron chi connectivity index (χ2n) is 4.64. The van der Waals surface area contributed by atoms with Crippen molar-refractivity contribution in [2.45, 2.75) is 31.2 Å². The third-order valence-corrected chi connectivity index (χ3v) is 4.30. The number of rotatable bonds is 8. The highest BCUT2D eigenvalue weighted by molar-refractivity contribution is 7.89. The molecule has 0 saturated carbocycles. The quantitative estimate of drug-likeness (QED) is 0.625. The summed E-state index contributed by atoms with van der Waals surface area (Å²) in [5, 5.41) is 5.09. The van der Waals surface area contributed by atoms with Crippen LogP contribution in [0.25, 0.3) is 0 Å². The van der Waals surface area contributed by atoms with E-state index < -0.39 is 22.0 Å². The van der Waals surface area contributed by atoms with E-state index in [1.165, 1.54) is 12.1 Å². The van der Waals surface area contributed by atoms with E-state index in [1.807, 2.05) is 0 Å². The number of carbonyl (C=O) groups is 2. The Hall–Kier alpha value is -1.93. The summed E-state index contributed by atoms with van der Waals surface area (Å²) in [6.45, 7) is 3.79. The molecule has 1 aromatic rings. The minimum Gasteiger partial charge on any atom is -0.355 e. The van der Waals surface area contributed by atoms with Gasteiger partial charge in [0.15, 0.2) is 0 Å². The van der Waals surface area contributed by atoms with Crippen molar-refractivity contribution in [3.63, 3.8) is 0 Å². The summed E-state index contributed by atoms with van der Waals surface area (Å²) in [5.74, 6) is -0.671. The zero-order valence-corrected chi connectivity index (χ0v) is 13.4. The van der Waals surface area contributed by atoms with E-state index >= 15 is 0 Å². The molecule has 122 valence electrons. The Kier molecular flexibility index (Phi) is 7.00. The van der Waals surface area contributed by atoms with Crippen LogP contribution in [0.5, 0.6) is 0 Å². The molecule has 1 rings (SSSR count). The summed E-state index contributed by atoms with van der Waals surface area (Å²) in [5.41, 5.74) is 0. The molecule has 0 radical (unpaired) electrons. The Labute approximate surface area is 130 Å². The van der Waals surface area contributed by atoms with Crippen LogP contribution in [0.4, 0.5) is 0 Å². The van der Waals surface area contributed by atoms with E-state index in [2.05, 4.69) is 15.4 Å². The molecule has 2 amide bonds. The number of sulfonamides is 1. The van der Waals surface area contributed by atoms with Gasteiger partial charge in [-0.2, -0.15) is 0 Å². The summed E-state index contributed by atoms with van der Waals surface area (Å²) in [6.07, 6.45) is -0.0458. The first kappa shape index (κ1) is 18.1. The highest BCUT2D eigenvalue weighted by atomic mass is 32.2. The molecule has 0 spiro atoms. The average molecular weight is 327 g/mol. The van der Waals surface area contributed by atoms with Gasteiger partial charge in [0.25, 0.3) is 0 Å². The molecule has 0 heterocycles.